The van der Waals surface area contributed by atoms with Gasteiger partial charge in [0.2, 0.25) is 0 Å². The minimum Gasteiger partial charge on any atom is -0.375 e. The maximum absolute atomic E-state index is 4.20. The van der Waals surface area contributed by atoms with Crippen molar-refractivity contribution in [2.24, 2.45) is 7.05 Å². The Hall–Kier alpha value is -2.63. The van der Waals surface area contributed by atoms with Crippen molar-refractivity contribution in [3.63, 3.8) is 0 Å². The molecule has 0 bridgehead atoms. The van der Waals surface area contributed by atoms with Gasteiger partial charge in [0, 0.05) is 13.2 Å². The van der Waals surface area contributed by atoms with E-state index in [0.717, 1.165) is 17.1 Å². The summed E-state index contributed by atoms with van der Waals surface area (Å²) in [6.07, 6.45) is 5.02. The lowest BCUT2D eigenvalue weighted by molar-refractivity contribution is 0.675. The lowest BCUT2D eigenvalue weighted by Gasteiger charge is -2.18. The molecule has 0 aliphatic rings. The van der Waals surface area contributed by atoms with Crippen molar-refractivity contribution in [3.8, 4) is 5.69 Å². The highest BCUT2D eigenvalue weighted by atomic mass is 15.3. The molecule has 1 atom stereocenters. The molecule has 2 aromatic heterocycles. The van der Waals surface area contributed by atoms with Gasteiger partial charge in [-0.1, -0.05) is 12.1 Å². The van der Waals surface area contributed by atoms with Crippen LogP contribution in [-0.2, 0) is 7.05 Å². The lowest BCUT2D eigenvalue weighted by Crippen LogP contribution is -2.13. The van der Waals surface area contributed by atoms with Crippen LogP contribution in [0.4, 0.5) is 5.69 Å². The van der Waals surface area contributed by atoms with E-state index in [9.17, 15) is 0 Å². The van der Waals surface area contributed by atoms with Crippen molar-refractivity contribution in [2.45, 2.75) is 13.0 Å². The number of nitrogens with one attached hydrogen (secondary N) is 1. The zero-order valence-corrected chi connectivity index (χ0v) is 11.4. The third kappa shape index (κ3) is 2.27. The SMILES string of the molecule is CC(Nc1ccccc1-n1cncn1)c1ccnn1C. The highest BCUT2D eigenvalue weighted by Crippen LogP contribution is 2.24. The summed E-state index contributed by atoms with van der Waals surface area (Å²) in [5.41, 5.74) is 3.10. The van der Waals surface area contributed by atoms with Gasteiger partial charge in [-0.15, -0.1) is 0 Å². The number of benzene rings is 1. The Morgan fingerprint density at radius 3 is 2.70 bits per heavy atom. The first-order valence-electron chi connectivity index (χ1n) is 6.44. The van der Waals surface area contributed by atoms with E-state index >= 15 is 0 Å². The number of aryl methyl sites for hydroxylation is 1. The average Bonchev–Trinajstić information content (AvgIpc) is 3.10. The van der Waals surface area contributed by atoms with Crippen LogP contribution in [0.2, 0.25) is 0 Å². The number of rotatable bonds is 4. The average molecular weight is 268 g/mol. The largest absolute Gasteiger partial charge is 0.375 e. The summed E-state index contributed by atoms with van der Waals surface area (Å²) in [6, 6.07) is 10.2. The van der Waals surface area contributed by atoms with Gasteiger partial charge >= 0.3 is 0 Å². The number of anilines is 1. The maximum atomic E-state index is 4.20. The van der Waals surface area contributed by atoms with Gasteiger partial charge < -0.3 is 5.32 Å². The highest BCUT2D eigenvalue weighted by molar-refractivity contribution is 5.61. The molecule has 3 aromatic rings. The topological polar surface area (TPSA) is 60.6 Å². The van der Waals surface area contributed by atoms with Gasteiger partial charge in [-0.25, -0.2) is 9.67 Å². The Labute approximate surface area is 117 Å². The van der Waals surface area contributed by atoms with Crippen LogP contribution in [0.5, 0.6) is 0 Å². The van der Waals surface area contributed by atoms with Gasteiger partial charge in [-0.05, 0) is 25.1 Å². The molecule has 0 saturated carbocycles. The molecule has 1 aromatic carbocycles. The standard InChI is InChI=1S/C14H16N6/c1-11(13-7-8-16-19(13)2)18-12-5-3-4-6-14(12)20-10-15-9-17-20/h3-11,18H,1-2H3. The van der Waals surface area contributed by atoms with Crippen LogP contribution in [0, 0.1) is 0 Å². The van der Waals surface area contributed by atoms with E-state index in [1.54, 1.807) is 17.2 Å². The third-order valence-corrected chi connectivity index (χ3v) is 3.24. The van der Waals surface area contributed by atoms with E-state index < -0.39 is 0 Å². The molecule has 0 radical (unpaired) electrons. The van der Waals surface area contributed by atoms with E-state index in [4.69, 9.17) is 0 Å². The summed E-state index contributed by atoms with van der Waals surface area (Å²) in [5, 5.41) is 11.9. The zero-order chi connectivity index (χ0) is 13.9. The van der Waals surface area contributed by atoms with Gasteiger partial charge in [0.15, 0.2) is 0 Å². The molecule has 1 unspecified atom stereocenters. The summed E-state index contributed by atoms with van der Waals surface area (Å²) in [5.74, 6) is 0. The van der Waals surface area contributed by atoms with Crippen LogP contribution in [0.25, 0.3) is 5.69 Å². The summed E-state index contributed by atoms with van der Waals surface area (Å²) in [6.45, 7) is 2.11. The predicted octanol–water partition coefficient (Wildman–Crippen LogP) is 2.17. The number of aromatic nitrogens is 5. The Morgan fingerprint density at radius 1 is 1.15 bits per heavy atom. The second kappa shape index (κ2) is 5.16. The van der Waals surface area contributed by atoms with Gasteiger partial charge in [0.25, 0.3) is 0 Å². The van der Waals surface area contributed by atoms with Crippen molar-refractivity contribution in [1.82, 2.24) is 24.5 Å². The molecule has 102 valence electrons. The van der Waals surface area contributed by atoms with E-state index in [1.807, 2.05) is 42.1 Å². The van der Waals surface area contributed by atoms with Crippen molar-refractivity contribution in [1.29, 1.82) is 0 Å². The van der Waals surface area contributed by atoms with Crippen molar-refractivity contribution in [2.75, 3.05) is 5.32 Å². The lowest BCUT2D eigenvalue weighted by atomic mass is 10.2. The Kier molecular flexibility index (Phi) is 3.20. The number of para-hydroxylation sites is 2. The number of nitrogens with zero attached hydrogens (tertiary/aromatic N) is 5. The molecule has 6 nitrogen and oxygen atoms in total. The Morgan fingerprint density at radius 2 is 2.00 bits per heavy atom. The summed E-state index contributed by atoms with van der Waals surface area (Å²) in [7, 11) is 1.94. The van der Waals surface area contributed by atoms with E-state index in [-0.39, 0.29) is 6.04 Å². The third-order valence-electron chi connectivity index (χ3n) is 3.24. The van der Waals surface area contributed by atoms with Gasteiger partial charge in [0.1, 0.15) is 12.7 Å². The summed E-state index contributed by atoms with van der Waals surface area (Å²) < 4.78 is 3.62. The normalized spacial score (nSPS) is 12.3. The van der Waals surface area contributed by atoms with Crippen molar-refractivity contribution >= 4 is 5.69 Å². The van der Waals surface area contributed by atoms with Crippen LogP contribution in [-0.4, -0.2) is 24.5 Å². The van der Waals surface area contributed by atoms with Crippen LogP contribution < -0.4 is 5.32 Å². The highest BCUT2D eigenvalue weighted by Gasteiger charge is 2.12. The summed E-state index contributed by atoms with van der Waals surface area (Å²) in [4.78, 5) is 3.99. The molecule has 0 amide bonds. The molecule has 0 fully saturated rings. The molecule has 3 rings (SSSR count). The maximum Gasteiger partial charge on any atom is 0.138 e. The molecular weight excluding hydrogens is 252 g/mol. The predicted molar refractivity (Wildman–Crippen MR) is 76.6 cm³/mol. The number of hydrogen-bond donors (Lipinski definition) is 1. The second-order valence-electron chi connectivity index (χ2n) is 4.60. The minimum atomic E-state index is 0.146. The van der Waals surface area contributed by atoms with Gasteiger partial charge in [-0.2, -0.15) is 10.2 Å². The fraction of sp³-hybridized carbons (Fsp3) is 0.214. The first-order valence-corrected chi connectivity index (χ1v) is 6.44. The monoisotopic (exact) mass is 268 g/mol. The minimum absolute atomic E-state index is 0.146. The smallest absolute Gasteiger partial charge is 0.138 e. The van der Waals surface area contributed by atoms with E-state index in [1.165, 1.54) is 6.33 Å². The molecule has 1 N–H and O–H groups in total. The van der Waals surface area contributed by atoms with E-state index in [0.29, 0.717) is 0 Å². The Balaban J connectivity index is 1.90. The molecule has 0 aliphatic carbocycles. The molecule has 2 heterocycles. The number of hydrogen-bond acceptors (Lipinski definition) is 4. The first-order chi connectivity index (χ1) is 9.75. The molecule has 0 aliphatic heterocycles. The van der Waals surface area contributed by atoms with E-state index in [2.05, 4.69) is 27.4 Å². The molecule has 0 saturated heterocycles. The quantitative estimate of drug-likeness (QED) is 0.787. The van der Waals surface area contributed by atoms with Gasteiger partial charge in [-0.3, -0.25) is 4.68 Å². The fourth-order valence-electron chi connectivity index (χ4n) is 2.24. The molecule has 0 spiro atoms. The molecule has 6 heteroatoms. The van der Waals surface area contributed by atoms with Crippen LogP contribution in [0.3, 0.4) is 0 Å². The van der Waals surface area contributed by atoms with Crippen molar-refractivity contribution in [3.05, 3.63) is 54.9 Å². The van der Waals surface area contributed by atoms with Crippen LogP contribution in [0.15, 0.2) is 49.2 Å². The Bertz CT molecular complexity index is 685. The second-order valence-corrected chi connectivity index (χ2v) is 4.60. The summed E-state index contributed by atoms with van der Waals surface area (Å²) >= 11 is 0. The van der Waals surface area contributed by atoms with Crippen LogP contribution >= 0.6 is 0 Å². The molecular formula is C14H16N6. The zero-order valence-electron chi connectivity index (χ0n) is 11.4. The fourth-order valence-corrected chi connectivity index (χ4v) is 2.24. The van der Waals surface area contributed by atoms with Crippen molar-refractivity contribution < 1.29 is 0 Å². The van der Waals surface area contributed by atoms with Crippen LogP contribution in [0.1, 0.15) is 18.7 Å². The first kappa shape index (κ1) is 12.4. The molecule has 20 heavy (non-hydrogen) atoms. The van der Waals surface area contributed by atoms with Gasteiger partial charge in [0.05, 0.1) is 23.1 Å².